The number of benzene rings is 2. The molecular formula is C15H10O3. The molecular weight excluding hydrogens is 228 g/mol. The van der Waals surface area contributed by atoms with Gasteiger partial charge in [0, 0.05) is 5.56 Å². The first kappa shape index (κ1) is 11.8. The molecule has 18 heavy (non-hydrogen) atoms. The van der Waals surface area contributed by atoms with E-state index < -0.39 is 0 Å². The number of hydrogen-bond donors (Lipinski definition) is 0. The summed E-state index contributed by atoms with van der Waals surface area (Å²) in [5, 5.41) is 0. The van der Waals surface area contributed by atoms with E-state index >= 15 is 0 Å². The molecule has 0 aromatic heterocycles. The summed E-state index contributed by atoms with van der Waals surface area (Å²) in [4.78, 5) is 21.8. The molecule has 0 amide bonds. The second kappa shape index (κ2) is 5.62. The van der Waals surface area contributed by atoms with Crippen molar-refractivity contribution < 1.29 is 14.3 Å². The highest BCUT2D eigenvalue weighted by Crippen LogP contribution is 2.22. The van der Waals surface area contributed by atoms with Crippen molar-refractivity contribution in [2.75, 3.05) is 0 Å². The second-order valence-electron chi connectivity index (χ2n) is 3.55. The third kappa shape index (κ3) is 2.54. The van der Waals surface area contributed by atoms with Gasteiger partial charge in [0.25, 0.3) is 0 Å². The Morgan fingerprint density at radius 1 is 1.00 bits per heavy atom. The number of carbonyl (C=O) groups excluding carboxylic acids is 2. The Bertz CT molecular complexity index is 596. The van der Waals surface area contributed by atoms with E-state index in [0.29, 0.717) is 23.2 Å². The van der Waals surface area contributed by atoms with E-state index in [2.05, 4.69) is 0 Å². The summed E-state index contributed by atoms with van der Waals surface area (Å²) in [5.41, 5.74) is 1.01. The van der Waals surface area contributed by atoms with E-state index in [1.54, 1.807) is 54.5 Å². The lowest BCUT2D eigenvalue weighted by molar-refractivity contribution is 0.112. The molecule has 0 N–H and O–H groups in total. The van der Waals surface area contributed by atoms with Crippen LogP contribution in [0.15, 0.2) is 54.6 Å². The van der Waals surface area contributed by atoms with Gasteiger partial charge < -0.3 is 4.74 Å². The second-order valence-corrected chi connectivity index (χ2v) is 3.55. The maximum absolute atomic E-state index is 10.9. The van der Waals surface area contributed by atoms with Gasteiger partial charge in [0.05, 0.1) is 5.56 Å². The Morgan fingerprint density at radius 3 is 2.33 bits per heavy atom. The van der Waals surface area contributed by atoms with Crippen molar-refractivity contribution in [3.63, 3.8) is 0 Å². The number of hydrogen-bond acceptors (Lipinski definition) is 3. The van der Waals surface area contributed by atoms with Gasteiger partial charge in [-0.15, -0.1) is 0 Å². The number of rotatable bonds is 4. The van der Waals surface area contributed by atoms with E-state index in [9.17, 15) is 9.59 Å². The van der Waals surface area contributed by atoms with Gasteiger partial charge in [-0.1, -0.05) is 42.5 Å². The zero-order valence-electron chi connectivity index (χ0n) is 9.50. The summed E-state index contributed by atoms with van der Waals surface area (Å²) in [6.07, 6.45) is 0.683. The van der Waals surface area contributed by atoms with Gasteiger partial charge in [0.1, 0.15) is 5.75 Å². The SMILES string of the molecule is O=C=C(Oc1ccccc1C=O)c1ccccc1. The summed E-state index contributed by atoms with van der Waals surface area (Å²) in [6.45, 7) is 0. The molecule has 2 aromatic carbocycles. The van der Waals surface area contributed by atoms with Crippen LogP contribution < -0.4 is 4.74 Å². The molecule has 2 rings (SSSR count). The molecule has 88 valence electrons. The number of ether oxygens (including phenoxy) is 1. The fourth-order valence-electron chi connectivity index (χ4n) is 1.51. The standard InChI is InChI=1S/C15H10O3/c16-10-13-8-4-5-9-14(13)18-15(11-17)12-6-2-1-3-7-12/h1-10H. The number of para-hydroxylation sites is 1. The Morgan fingerprint density at radius 2 is 1.67 bits per heavy atom. The molecule has 0 aliphatic heterocycles. The molecule has 0 saturated heterocycles. The largest absolute Gasteiger partial charge is 0.444 e. The van der Waals surface area contributed by atoms with Crippen LogP contribution in [0.4, 0.5) is 0 Å². The average Bonchev–Trinajstić information content (AvgIpc) is 2.46. The predicted octanol–water partition coefficient (Wildman–Crippen LogP) is 2.75. The van der Waals surface area contributed by atoms with Crippen LogP contribution in [-0.4, -0.2) is 12.2 Å². The smallest absolute Gasteiger partial charge is 0.217 e. The van der Waals surface area contributed by atoms with Gasteiger partial charge in [-0.25, -0.2) is 4.79 Å². The molecule has 0 radical (unpaired) electrons. The van der Waals surface area contributed by atoms with Crippen LogP contribution in [0.2, 0.25) is 0 Å². The Balaban J connectivity index is 2.33. The summed E-state index contributed by atoms with van der Waals surface area (Å²) in [7, 11) is 0. The van der Waals surface area contributed by atoms with Gasteiger partial charge >= 0.3 is 0 Å². The van der Waals surface area contributed by atoms with Crippen LogP contribution in [0, 0.1) is 0 Å². The van der Waals surface area contributed by atoms with E-state index in [1.165, 1.54) is 0 Å². The molecule has 0 fully saturated rings. The van der Waals surface area contributed by atoms with E-state index in [0.717, 1.165) is 0 Å². The topological polar surface area (TPSA) is 43.4 Å². The van der Waals surface area contributed by atoms with Crippen LogP contribution in [0.1, 0.15) is 15.9 Å². The van der Waals surface area contributed by atoms with Gasteiger partial charge in [-0.05, 0) is 12.1 Å². The van der Waals surface area contributed by atoms with E-state index in [-0.39, 0.29) is 5.76 Å². The van der Waals surface area contributed by atoms with Crippen molar-refractivity contribution in [3.05, 3.63) is 65.7 Å². The van der Waals surface area contributed by atoms with Gasteiger partial charge in [0.15, 0.2) is 12.2 Å². The molecule has 0 saturated carbocycles. The zero-order chi connectivity index (χ0) is 12.8. The van der Waals surface area contributed by atoms with E-state index in [1.807, 2.05) is 6.07 Å². The molecule has 3 nitrogen and oxygen atoms in total. The van der Waals surface area contributed by atoms with Crippen molar-refractivity contribution >= 4 is 18.0 Å². The van der Waals surface area contributed by atoms with Gasteiger partial charge in [-0.2, -0.15) is 0 Å². The van der Waals surface area contributed by atoms with Crippen molar-refractivity contribution in [2.24, 2.45) is 0 Å². The monoisotopic (exact) mass is 238 g/mol. The molecule has 3 heteroatoms. The van der Waals surface area contributed by atoms with Crippen molar-refractivity contribution in [3.8, 4) is 5.75 Å². The summed E-state index contributed by atoms with van der Waals surface area (Å²) in [6, 6.07) is 15.6. The molecule has 2 aromatic rings. The maximum Gasteiger partial charge on any atom is 0.217 e. The highest BCUT2D eigenvalue weighted by Gasteiger charge is 2.08. The lowest BCUT2D eigenvalue weighted by Gasteiger charge is -2.08. The fourth-order valence-corrected chi connectivity index (χ4v) is 1.51. The summed E-state index contributed by atoms with van der Waals surface area (Å²) >= 11 is 0. The summed E-state index contributed by atoms with van der Waals surface area (Å²) < 4.78 is 5.43. The molecule has 0 aliphatic carbocycles. The predicted molar refractivity (Wildman–Crippen MR) is 68.0 cm³/mol. The number of carbonyl (C=O) groups is 1. The van der Waals surface area contributed by atoms with Crippen LogP contribution in [0.3, 0.4) is 0 Å². The zero-order valence-corrected chi connectivity index (χ0v) is 9.50. The van der Waals surface area contributed by atoms with Crippen molar-refractivity contribution in [1.29, 1.82) is 0 Å². The van der Waals surface area contributed by atoms with Crippen LogP contribution >= 0.6 is 0 Å². The Hall–Kier alpha value is -2.64. The van der Waals surface area contributed by atoms with E-state index in [4.69, 9.17) is 4.74 Å². The molecule has 0 spiro atoms. The third-order valence-corrected chi connectivity index (χ3v) is 2.39. The quantitative estimate of drug-likeness (QED) is 0.467. The normalized spacial score (nSPS) is 9.33. The maximum atomic E-state index is 10.9. The minimum atomic E-state index is 0.0601. The van der Waals surface area contributed by atoms with Gasteiger partial charge in [-0.3, -0.25) is 4.79 Å². The third-order valence-electron chi connectivity index (χ3n) is 2.39. The molecule has 0 bridgehead atoms. The van der Waals surface area contributed by atoms with Crippen LogP contribution in [-0.2, 0) is 4.79 Å². The average molecular weight is 238 g/mol. The minimum absolute atomic E-state index is 0.0601. The Labute approximate surface area is 104 Å². The van der Waals surface area contributed by atoms with Crippen molar-refractivity contribution in [2.45, 2.75) is 0 Å². The Kier molecular flexibility index (Phi) is 3.69. The first-order chi connectivity index (χ1) is 8.85. The summed E-state index contributed by atoms with van der Waals surface area (Å²) in [5.74, 6) is 2.15. The molecule has 0 heterocycles. The van der Waals surface area contributed by atoms with Crippen molar-refractivity contribution in [1.82, 2.24) is 0 Å². The number of aldehydes is 1. The van der Waals surface area contributed by atoms with Gasteiger partial charge in [0.2, 0.25) is 5.76 Å². The first-order valence-corrected chi connectivity index (χ1v) is 5.37. The lowest BCUT2D eigenvalue weighted by Crippen LogP contribution is -1.98. The highest BCUT2D eigenvalue weighted by atomic mass is 16.5. The minimum Gasteiger partial charge on any atom is -0.444 e. The molecule has 0 aliphatic rings. The molecule has 0 atom stereocenters. The first-order valence-electron chi connectivity index (χ1n) is 5.37. The van der Waals surface area contributed by atoms with Crippen LogP contribution in [0.5, 0.6) is 5.75 Å². The van der Waals surface area contributed by atoms with Crippen LogP contribution in [0.25, 0.3) is 5.76 Å². The highest BCUT2D eigenvalue weighted by molar-refractivity contribution is 5.86. The fraction of sp³-hybridized carbons (Fsp3) is 0. The molecule has 0 unspecified atom stereocenters. The lowest BCUT2D eigenvalue weighted by atomic mass is 10.2.